The number of carbonyl (C=O) groups is 2. The number of nitrogens with zero attached hydrogens (tertiary/aromatic N) is 2. The highest BCUT2D eigenvalue weighted by molar-refractivity contribution is 5.82. The minimum atomic E-state index is -0.801. The molecule has 0 heterocycles. The maximum absolute atomic E-state index is 11.1. The molecule has 0 fully saturated rings. The van der Waals surface area contributed by atoms with Crippen molar-refractivity contribution in [3.05, 3.63) is 11.8 Å². The Morgan fingerprint density at radius 2 is 1.75 bits per heavy atom. The summed E-state index contributed by atoms with van der Waals surface area (Å²) in [6, 6.07) is 0. The van der Waals surface area contributed by atoms with Crippen molar-refractivity contribution in [1.82, 2.24) is 0 Å². The smallest absolute Gasteiger partial charge is 0.452 e. The van der Waals surface area contributed by atoms with Gasteiger partial charge in [0.1, 0.15) is 5.60 Å². The van der Waals surface area contributed by atoms with Crippen LogP contribution in [0.1, 0.15) is 27.7 Å². The van der Waals surface area contributed by atoms with Crippen LogP contribution < -0.4 is 0 Å². The van der Waals surface area contributed by atoms with Crippen molar-refractivity contribution in [1.29, 1.82) is 0 Å². The zero-order valence-corrected chi connectivity index (χ0v) is 10.1. The quantitative estimate of drug-likeness (QED) is 0.413. The van der Waals surface area contributed by atoms with E-state index in [1.807, 2.05) is 0 Å². The highest BCUT2D eigenvalue weighted by Crippen LogP contribution is 2.08. The van der Waals surface area contributed by atoms with E-state index in [9.17, 15) is 9.59 Å². The third-order valence-corrected chi connectivity index (χ3v) is 1.21. The molecule has 16 heavy (non-hydrogen) atoms. The van der Waals surface area contributed by atoms with Crippen molar-refractivity contribution >= 4 is 12.1 Å². The van der Waals surface area contributed by atoms with E-state index in [2.05, 4.69) is 15.0 Å². The molecular formula is C10H16N2O4. The van der Waals surface area contributed by atoms with Gasteiger partial charge in [0.15, 0.2) is 0 Å². The lowest BCUT2D eigenvalue weighted by molar-refractivity contribution is -0.134. The Hall–Kier alpha value is -1.72. The van der Waals surface area contributed by atoms with E-state index in [0.29, 0.717) is 0 Å². The van der Waals surface area contributed by atoms with Crippen molar-refractivity contribution in [3.8, 4) is 0 Å². The number of carbonyl (C=O) groups excluding carboxylic acids is 2. The molecule has 0 aliphatic carbocycles. The molecule has 0 aromatic carbocycles. The third-order valence-electron chi connectivity index (χ3n) is 1.21. The Morgan fingerprint density at radius 3 is 2.19 bits per heavy atom. The summed E-state index contributed by atoms with van der Waals surface area (Å²) >= 11 is 0. The molecule has 0 saturated heterocycles. The average Bonchev–Trinajstić information content (AvgIpc) is 2.12. The summed E-state index contributed by atoms with van der Waals surface area (Å²) < 4.78 is 9.25. The number of ether oxygens (including phenoxy) is 2. The molecule has 0 N–H and O–H groups in total. The second kappa shape index (κ2) is 5.99. The molecule has 0 aromatic rings. The SMILES string of the molecule is COC(=O)/C=C(\C)N=NC(=O)OC(C)(C)C. The first kappa shape index (κ1) is 14.3. The number of azo groups is 1. The fourth-order valence-corrected chi connectivity index (χ4v) is 0.660. The van der Waals surface area contributed by atoms with Gasteiger partial charge in [-0.25, -0.2) is 9.59 Å². The van der Waals surface area contributed by atoms with Gasteiger partial charge >= 0.3 is 12.1 Å². The molecule has 0 spiro atoms. The largest absolute Gasteiger partial charge is 0.466 e. The zero-order valence-electron chi connectivity index (χ0n) is 10.1. The normalized spacial score (nSPS) is 12.7. The Kier molecular flexibility index (Phi) is 5.35. The van der Waals surface area contributed by atoms with Crippen LogP contribution >= 0.6 is 0 Å². The molecule has 90 valence electrons. The lowest BCUT2D eigenvalue weighted by Crippen LogP contribution is -2.21. The van der Waals surface area contributed by atoms with E-state index in [1.165, 1.54) is 14.0 Å². The van der Waals surface area contributed by atoms with Crippen molar-refractivity contribution in [2.75, 3.05) is 7.11 Å². The van der Waals surface area contributed by atoms with Crippen LogP contribution in [0.3, 0.4) is 0 Å². The first-order valence-corrected chi connectivity index (χ1v) is 4.65. The fraction of sp³-hybridized carbons (Fsp3) is 0.600. The van der Waals surface area contributed by atoms with Crippen LogP contribution in [-0.4, -0.2) is 24.8 Å². The van der Waals surface area contributed by atoms with E-state index in [0.717, 1.165) is 6.08 Å². The molecule has 1 amide bonds. The van der Waals surface area contributed by atoms with Crippen molar-refractivity contribution in [2.45, 2.75) is 33.3 Å². The number of hydrogen-bond donors (Lipinski definition) is 0. The fourth-order valence-electron chi connectivity index (χ4n) is 0.660. The van der Waals surface area contributed by atoms with Gasteiger partial charge < -0.3 is 9.47 Å². The molecule has 0 atom stereocenters. The van der Waals surface area contributed by atoms with Crippen LogP contribution in [0.25, 0.3) is 0 Å². The zero-order chi connectivity index (χ0) is 12.8. The van der Waals surface area contributed by atoms with Crippen LogP contribution in [0.4, 0.5) is 4.79 Å². The highest BCUT2D eigenvalue weighted by atomic mass is 16.6. The van der Waals surface area contributed by atoms with E-state index >= 15 is 0 Å². The summed E-state index contributed by atoms with van der Waals surface area (Å²) in [5.74, 6) is -0.555. The minimum absolute atomic E-state index is 0.262. The van der Waals surface area contributed by atoms with E-state index in [1.54, 1.807) is 20.8 Å². The number of methoxy groups -OCH3 is 1. The number of rotatable bonds is 2. The number of esters is 1. The maximum Gasteiger partial charge on any atom is 0.452 e. The summed E-state index contributed by atoms with van der Waals surface area (Å²) in [5, 5.41) is 6.79. The topological polar surface area (TPSA) is 77.3 Å². The Labute approximate surface area is 94.3 Å². The number of amides is 1. The third kappa shape index (κ3) is 7.66. The van der Waals surface area contributed by atoms with Gasteiger partial charge in [0.25, 0.3) is 0 Å². The molecule has 0 rings (SSSR count). The molecule has 0 aliphatic heterocycles. The van der Waals surface area contributed by atoms with Gasteiger partial charge in [-0.2, -0.15) is 0 Å². The molecule has 0 aliphatic rings. The van der Waals surface area contributed by atoms with E-state index in [-0.39, 0.29) is 5.70 Å². The molecule has 6 heteroatoms. The van der Waals surface area contributed by atoms with Crippen molar-refractivity contribution in [2.24, 2.45) is 10.2 Å². The second-order valence-corrected chi connectivity index (χ2v) is 3.99. The Balaban J connectivity index is 4.34. The predicted molar refractivity (Wildman–Crippen MR) is 56.9 cm³/mol. The van der Waals surface area contributed by atoms with Gasteiger partial charge in [0.2, 0.25) is 0 Å². The molecule has 0 bridgehead atoms. The summed E-state index contributed by atoms with van der Waals surface area (Å²) in [7, 11) is 1.25. The predicted octanol–water partition coefficient (Wildman–Crippen LogP) is 2.45. The standard InChI is InChI=1S/C10H16N2O4/c1-7(6-8(13)15-5)11-12-9(14)16-10(2,3)4/h6H,1-5H3/b7-6+,12-11?. The highest BCUT2D eigenvalue weighted by Gasteiger charge is 2.15. The van der Waals surface area contributed by atoms with Crippen LogP contribution in [0.2, 0.25) is 0 Å². The van der Waals surface area contributed by atoms with Crippen LogP contribution in [-0.2, 0) is 14.3 Å². The maximum atomic E-state index is 11.1. The Bertz CT molecular complexity index is 326. The first-order valence-electron chi connectivity index (χ1n) is 4.65. The summed E-state index contributed by atoms with van der Waals surface area (Å²) in [6.07, 6.45) is 0.318. The summed E-state index contributed by atoms with van der Waals surface area (Å²) in [6.45, 7) is 6.68. The minimum Gasteiger partial charge on any atom is -0.466 e. The van der Waals surface area contributed by atoms with Gasteiger partial charge in [-0.3, -0.25) is 0 Å². The molecular weight excluding hydrogens is 212 g/mol. The van der Waals surface area contributed by atoms with Crippen LogP contribution in [0.5, 0.6) is 0 Å². The van der Waals surface area contributed by atoms with Gasteiger partial charge in [-0.1, -0.05) is 5.11 Å². The molecule has 0 saturated carbocycles. The summed E-state index contributed by atoms with van der Waals surface area (Å²) in [5.41, 5.74) is -0.353. The van der Waals surface area contributed by atoms with Gasteiger partial charge in [-0.15, -0.1) is 5.11 Å². The average molecular weight is 228 g/mol. The number of allylic oxidation sites excluding steroid dienone is 1. The first-order chi connectivity index (χ1) is 7.24. The van der Waals surface area contributed by atoms with Crippen molar-refractivity contribution in [3.63, 3.8) is 0 Å². The van der Waals surface area contributed by atoms with Gasteiger partial charge in [0.05, 0.1) is 12.8 Å². The van der Waals surface area contributed by atoms with Gasteiger partial charge in [0, 0.05) is 6.08 Å². The molecule has 0 unspecified atom stereocenters. The second-order valence-electron chi connectivity index (χ2n) is 3.99. The monoisotopic (exact) mass is 228 g/mol. The molecule has 0 radical (unpaired) electrons. The van der Waals surface area contributed by atoms with E-state index < -0.39 is 17.7 Å². The Morgan fingerprint density at radius 1 is 1.19 bits per heavy atom. The lowest BCUT2D eigenvalue weighted by atomic mass is 10.2. The summed E-state index contributed by atoms with van der Waals surface area (Å²) in [4.78, 5) is 21.9. The van der Waals surface area contributed by atoms with Crippen LogP contribution in [0, 0.1) is 0 Å². The molecule has 6 nitrogen and oxygen atoms in total. The van der Waals surface area contributed by atoms with Gasteiger partial charge in [-0.05, 0) is 27.7 Å². The number of hydrogen-bond acceptors (Lipinski definition) is 5. The van der Waals surface area contributed by atoms with Crippen molar-refractivity contribution < 1.29 is 19.1 Å². The molecule has 0 aromatic heterocycles. The lowest BCUT2D eigenvalue weighted by Gasteiger charge is -2.16. The van der Waals surface area contributed by atoms with Crippen LogP contribution in [0.15, 0.2) is 22.0 Å². The van der Waals surface area contributed by atoms with E-state index in [4.69, 9.17) is 4.74 Å².